The second-order valence-corrected chi connectivity index (χ2v) is 12.4. The van der Waals surface area contributed by atoms with E-state index >= 15 is 0 Å². The van der Waals surface area contributed by atoms with Crippen molar-refractivity contribution in [3.8, 4) is 28.7 Å². The summed E-state index contributed by atoms with van der Waals surface area (Å²) in [7, 11) is 6.29. The summed E-state index contributed by atoms with van der Waals surface area (Å²) >= 11 is 5.12. The third kappa shape index (κ3) is 8.90. The minimum absolute atomic E-state index is 0.210. The van der Waals surface area contributed by atoms with Gasteiger partial charge in [-0.1, -0.05) is 29.3 Å². The third-order valence-electron chi connectivity index (χ3n) is 7.36. The van der Waals surface area contributed by atoms with Gasteiger partial charge in [-0.25, -0.2) is 9.86 Å². The van der Waals surface area contributed by atoms with E-state index in [9.17, 15) is 10.0 Å². The summed E-state index contributed by atoms with van der Waals surface area (Å²) in [5.74, 6) is 3.14. The largest absolute Gasteiger partial charge is 0.493 e. The number of hydrogen-bond donors (Lipinski definition) is 2. The van der Waals surface area contributed by atoms with Crippen molar-refractivity contribution in [2.75, 3.05) is 52.7 Å². The number of ether oxygens (including phenoxy) is 6. The molecular weight excluding hydrogens is 664 g/mol. The van der Waals surface area contributed by atoms with Gasteiger partial charge < -0.3 is 33.7 Å². The van der Waals surface area contributed by atoms with Crippen molar-refractivity contribution in [2.45, 2.75) is 49.7 Å². The summed E-state index contributed by atoms with van der Waals surface area (Å²) in [5.41, 5.74) is 2.10. The molecule has 12 heteroatoms. The van der Waals surface area contributed by atoms with E-state index in [2.05, 4.69) is 21.2 Å². The van der Waals surface area contributed by atoms with Gasteiger partial charge in [-0.15, -0.1) is 11.8 Å². The van der Waals surface area contributed by atoms with Crippen molar-refractivity contribution in [3.05, 3.63) is 64.1 Å². The van der Waals surface area contributed by atoms with Gasteiger partial charge >= 0.3 is 6.03 Å². The van der Waals surface area contributed by atoms with Crippen LogP contribution in [0, 0.1) is 0 Å². The van der Waals surface area contributed by atoms with Crippen molar-refractivity contribution in [3.63, 3.8) is 0 Å². The second-order valence-electron chi connectivity index (χ2n) is 10.3. The Morgan fingerprint density at radius 2 is 1.51 bits per heavy atom. The minimum atomic E-state index is -0.653. The highest BCUT2D eigenvalue weighted by molar-refractivity contribution is 9.10. The molecule has 45 heavy (non-hydrogen) atoms. The van der Waals surface area contributed by atoms with Gasteiger partial charge in [0.05, 0.1) is 59.5 Å². The van der Waals surface area contributed by atoms with Gasteiger partial charge in [0.1, 0.15) is 0 Å². The molecule has 0 saturated carbocycles. The number of hydroxylamine groups is 2. The van der Waals surface area contributed by atoms with Gasteiger partial charge in [-0.2, -0.15) is 0 Å². The number of nitrogens with one attached hydrogen (secondary N) is 1. The van der Waals surface area contributed by atoms with Gasteiger partial charge in [0.15, 0.2) is 23.0 Å². The molecule has 1 heterocycles. The van der Waals surface area contributed by atoms with Crippen molar-refractivity contribution in [1.29, 1.82) is 0 Å². The van der Waals surface area contributed by atoms with Crippen LogP contribution in [0.25, 0.3) is 0 Å². The molecule has 2 amide bonds. The predicted molar refractivity (Wildman–Crippen MR) is 178 cm³/mol. The lowest BCUT2D eigenvalue weighted by Gasteiger charge is -2.22. The van der Waals surface area contributed by atoms with Crippen LogP contribution in [0.4, 0.5) is 10.5 Å². The summed E-state index contributed by atoms with van der Waals surface area (Å²) in [6, 6.07) is 14.9. The number of methoxy groups -OCH3 is 4. The van der Waals surface area contributed by atoms with E-state index in [4.69, 9.17) is 28.4 Å². The first-order valence-electron chi connectivity index (χ1n) is 14.8. The highest BCUT2D eigenvalue weighted by Gasteiger charge is 2.31. The number of hydrogen-bond acceptors (Lipinski definition) is 9. The number of unbranched alkanes of at least 4 members (excludes halogenated alkanes) is 1. The Bertz CT molecular complexity index is 1400. The van der Waals surface area contributed by atoms with E-state index in [1.54, 1.807) is 40.2 Å². The van der Waals surface area contributed by atoms with Gasteiger partial charge in [0, 0.05) is 15.1 Å². The zero-order valence-electron chi connectivity index (χ0n) is 26.3. The molecule has 3 aromatic rings. The fraction of sp³-hybridized carbons (Fsp3) is 0.424. The molecule has 2 atom stereocenters. The van der Waals surface area contributed by atoms with Crippen molar-refractivity contribution in [2.24, 2.45) is 0 Å². The maximum absolute atomic E-state index is 13.0. The van der Waals surface area contributed by atoms with Crippen molar-refractivity contribution < 1.29 is 38.4 Å². The second kappa shape index (κ2) is 16.8. The SMILES string of the molecule is CCCCN(O)C(=O)Nc1cc([C@H]2CC[C@H](c3cc(OC)c(OC)c(OC)c3)O2)cc(OC)c1OCCSc1ccc(Br)cc1. The molecule has 244 valence electrons. The number of carbonyl (C=O) groups excluding carboxylic acids is 1. The average Bonchev–Trinajstić information content (AvgIpc) is 3.56. The molecule has 0 radical (unpaired) electrons. The van der Waals surface area contributed by atoms with Crippen LogP contribution in [0.15, 0.2) is 57.9 Å². The lowest BCUT2D eigenvalue weighted by atomic mass is 10.0. The molecule has 2 N–H and O–H groups in total. The molecule has 10 nitrogen and oxygen atoms in total. The topological polar surface area (TPSA) is 108 Å². The maximum Gasteiger partial charge on any atom is 0.345 e. The molecule has 0 bridgehead atoms. The zero-order chi connectivity index (χ0) is 32.3. The fourth-order valence-corrected chi connectivity index (χ4v) is 6.04. The van der Waals surface area contributed by atoms with Crippen LogP contribution < -0.4 is 29.0 Å². The standard InChI is InChI=1S/C33H41BrN2O8S/c1-6-7-14-36(38)33(37)35-25-17-21(18-28(39-2)31(25)43-15-16-45-24-10-8-23(34)9-11-24)26-12-13-27(44-26)22-19-29(40-3)32(42-5)30(20-22)41-4/h8-11,17-20,26-27,38H,6-7,12-16H2,1-5H3,(H,35,37)/t26-,27-/m1/s1. The van der Waals surface area contributed by atoms with Gasteiger partial charge in [-0.3, -0.25) is 5.21 Å². The lowest BCUT2D eigenvalue weighted by Crippen LogP contribution is -2.33. The molecule has 1 saturated heterocycles. The highest BCUT2D eigenvalue weighted by atomic mass is 79.9. The van der Waals surface area contributed by atoms with E-state index < -0.39 is 6.03 Å². The number of nitrogens with zero attached hydrogens (tertiary/aromatic N) is 1. The lowest BCUT2D eigenvalue weighted by molar-refractivity contribution is -0.0379. The Labute approximate surface area is 277 Å². The first-order valence-corrected chi connectivity index (χ1v) is 16.5. The van der Waals surface area contributed by atoms with Gasteiger partial charge in [0.2, 0.25) is 5.75 Å². The van der Waals surface area contributed by atoms with Crippen LogP contribution in [0.3, 0.4) is 0 Å². The van der Waals surface area contributed by atoms with E-state index in [0.717, 1.165) is 39.8 Å². The number of carbonyl (C=O) groups is 1. The van der Waals surface area contributed by atoms with Gasteiger partial charge in [-0.05, 0) is 78.9 Å². The molecule has 0 unspecified atom stereocenters. The van der Waals surface area contributed by atoms with Crippen molar-refractivity contribution in [1.82, 2.24) is 5.06 Å². The van der Waals surface area contributed by atoms with Crippen LogP contribution in [-0.4, -0.2) is 63.6 Å². The summed E-state index contributed by atoms with van der Waals surface area (Å²) in [4.78, 5) is 14.1. The Kier molecular flexibility index (Phi) is 12.9. The normalized spacial score (nSPS) is 15.8. The number of benzene rings is 3. The molecule has 0 spiro atoms. The number of amides is 2. The highest BCUT2D eigenvalue weighted by Crippen LogP contribution is 2.48. The molecule has 3 aromatic carbocycles. The molecule has 1 aliphatic rings. The van der Waals surface area contributed by atoms with Crippen molar-refractivity contribution >= 4 is 39.4 Å². The van der Waals surface area contributed by atoms with Crippen LogP contribution in [0.5, 0.6) is 28.7 Å². The summed E-state index contributed by atoms with van der Waals surface area (Å²) in [5, 5.41) is 13.8. The van der Waals surface area contributed by atoms with E-state index in [0.29, 0.717) is 58.3 Å². The first kappa shape index (κ1) is 34.6. The van der Waals surface area contributed by atoms with E-state index in [1.165, 1.54) is 0 Å². The van der Waals surface area contributed by atoms with Crippen LogP contribution in [-0.2, 0) is 4.74 Å². The number of urea groups is 1. The average molecular weight is 706 g/mol. The van der Waals surface area contributed by atoms with Gasteiger partial charge in [0.25, 0.3) is 0 Å². The maximum atomic E-state index is 13.0. The minimum Gasteiger partial charge on any atom is -0.493 e. The number of thioether (sulfide) groups is 1. The fourth-order valence-electron chi connectivity index (χ4n) is 5.04. The third-order valence-corrected chi connectivity index (χ3v) is 8.86. The quantitative estimate of drug-likeness (QED) is 0.0699. The number of halogens is 1. The Morgan fingerprint density at radius 3 is 2.07 bits per heavy atom. The van der Waals surface area contributed by atoms with Crippen LogP contribution >= 0.6 is 27.7 Å². The molecular formula is C33H41BrN2O8S. The summed E-state index contributed by atoms with van der Waals surface area (Å²) < 4.78 is 36.1. The van der Waals surface area contributed by atoms with Crippen LogP contribution in [0.1, 0.15) is 55.9 Å². The number of anilines is 1. The molecule has 1 aliphatic heterocycles. The predicted octanol–water partition coefficient (Wildman–Crippen LogP) is 8.27. The Balaban J connectivity index is 1.57. The smallest absolute Gasteiger partial charge is 0.345 e. The zero-order valence-corrected chi connectivity index (χ0v) is 28.7. The number of rotatable bonds is 15. The van der Waals surface area contributed by atoms with Crippen LogP contribution in [0.2, 0.25) is 0 Å². The summed E-state index contributed by atoms with van der Waals surface area (Å²) in [6.07, 6.45) is 2.48. The van der Waals surface area contributed by atoms with E-state index in [1.807, 2.05) is 55.5 Å². The Hall–Kier alpha value is -3.32. The molecule has 0 aromatic heterocycles. The summed E-state index contributed by atoms with van der Waals surface area (Å²) in [6.45, 7) is 2.56. The molecule has 0 aliphatic carbocycles. The first-order chi connectivity index (χ1) is 21.8. The molecule has 4 rings (SSSR count). The van der Waals surface area contributed by atoms with E-state index in [-0.39, 0.29) is 18.8 Å². The molecule has 1 fully saturated rings. The Morgan fingerprint density at radius 1 is 0.933 bits per heavy atom. The monoisotopic (exact) mass is 704 g/mol.